The van der Waals surface area contributed by atoms with Crippen LogP contribution in [0.5, 0.6) is 17.2 Å². The van der Waals surface area contributed by atoms with Gasteiger partial charge in [-0.05, 0) is 35.9 Å². The van der Waals surface area contributed by atoms with Crippen molar-refractivity contribution in [2.24, 2.45) is 0 Å². The molecule has 0 saturated heterocycles. The number of carbonyl (C=O) groups is 1. The molecule has 0 amide bonds. The smallest absolute Gasteiger partial charge is 0.331 e. The van der Waals surface area contributed by atoms with Gasteiger partial charge in [0.2, 0.25) is 0 Å². The number of esters is 1. The Morgan fingerprint density at radius 2 is 2.04 bits per heavy atom. The van der Waals surface area contributed by atoms with Crippen LogP contribution in [0.15, 0.2) is 53.9 Å². The van der Waals surface area contributed by atoms with E-state index in [1.54, 1.807) is 25.3 Å². The highest BCUT2D eigenvalue weighted by molar-refractivity contribution is 7.13. The van der Waals surface area contributed by atoms with Crippen LogP contribution in [0.25, 0.3) is 16.6 Å². The number of ether oxygens (including phenoxy) is 3. The fraction of sp³-hybridized carbons (Fsp3) is 0.143. The maximum atomic E-state index is 11.9. The maximum absolute atomic E-state index is 11.9. The number of hydrogen-bond donors (Lipinski definition) is 1. The summed E-state index contributed by atoms with van der Waals surface area (Å²) in [6.07, 6.45) is 2.91. The molecule has 0 aliphatic rings. The highest BCUT2D eigenvalue weighted by Gasteiger charge is 2.08. The predicted molar refractivity (Wildman–Crippen MR) is 108 cm³/mol. The summed E-state index contributed by atoms with van der Waals surface area (Å²) < 4.78 is 15.5. The van der Waals surface area contributed by atoms with Crippen molar-refractivity contribution in [2.45, 2.75) is 6.61 Å². The number of methoxy groups -OCH3 is 2. The van der Waals surface area contributed by atoms with E-state index in [4.69, 9.17) is 14.2 Å². The molecule has 0 saturated carbocycles. The molecule has 0 spiro atoms. The molecule has 3 rings (SSSR count). The molecule has 0 radical (unpaired) electrons. The Labute approximate surface area is 166 Å². The molecule has 3 aromatic rings. The average Bonchev–Trinajstić information content (AvgIpc) is 3.21. The molecule has 0 aliphatic carbocycles. The van der Waals surface area contributed by atoms with Gasteiger partial charge in [-0.15, -0.1) is 11.3 Å². The van der Waals surface area contributed by atoms with Crippen molar-refractivity contribution in [3.05, 3.63) is 65.2 Å². The number of phenolic OH excluding ortho intramolecular Hbond substituents is 1. The summed E-state index contributed by atoms with van der Waals surface area (Å²) in [5.41, 5.74) is 2.33. The summed E-state index contributed by atoms with van der Waals surface area (Å²) in [6, 6.07) is 12.4. The fourth-order valence-electron chi connectivity index (χ4n) is 2.42. The molecule has 0 aliphatic heterocycles. The first kappa shape index (κ1) is 19.4. The van der Waals surface area contributed by atoms with E-state index in [0.717, 1.165) is 16.3 Å². The number of carbonyl (C=O) groups excluding carboxylic acids is 1. The standard InChI is InChI=1S/C21H19NO5S/c1-25-17-5-3-4-15(11-17)21-22-16(13-28-21)12-27-20(24)9-7-14-6-8-18(23)19(10-14)26-2/h3-11,13,23H,12H2,1-2H3/b9-7+. The van der Waals surface area contributed by atoms with Gasteiger partial charge in [-0.3, -0.25) is 0 Å². The molecular weight excluding hydrogens is 378 g/mol. The van der Waals surface area contributed by atoms with Gasteiger partial charge in [-0.2, -0.15) is 0 Å². The van der Waals surface area contributed by atoms with Crippen LogP contribution < -0.4 is 9.47 Å². The fourth-order valence-corrected chi connectivity index (χ4v) is 3.22. The van der Waals surface area contributed by atoms with Crippen LogP contribution in [0.3, 0.4) is 0 Å². The minimum absolute atomic E-state index is 0.0394. The number of thiazole rings is 1. The Kier molecular flexibility index (Phi) is 6.29. The van der Waals surface area contributed by atoms with Crippen LogP contribution in [0.1, 0.15) is 11.3 Å². The first-order chi connectivity index (χ1) is 13.6. The van der Waals surface area contributed by atoms with Crippen LogP contribution in [0.4, 0.5) is 0 Å². The topological polar surface area (TPSA) is 77.9 Å². The van der Waals surface area contributed by atoms with E-state index in [1.807, 2.05) is 29.6 Å². The lowest BCUT2D eigenvalue weighted by atomic mass is 10.2. The van der Waals surface area contributed by atoms with Crippen LogP contribution in [0, 0.1) is 0 Å². The molecule has 0 atom stereocenters. The van der Waals surface area contributed by atoms with Gasteiger partial charge >= 0.3 is 5.97 Å². The molecule has 7 heteroatoms. The minimum Gasteiger partial charge on any atom is -0.504 e. The maximum Gasteiger partial charge on any atom is 0.331 e. The third kappa shape index (κ3) is 4.89. The van der Waals surface area contributed by atoms with E-state index in [-0.39, 0.29) is 12.4 Å². The first-order valence-corrected chi connectivity index (χ1v) is 9.27. The SMILES string of the molecule is COc1cccc(-c2nc(COC(=O)/C=C/c3ccc(O)c(OC)c3)cs2)c1. The zero-order chi connectivity index (χ0) is 19.9. The Morgan fingerprint density at radius 1 is 1.18 bits per heavy atom. The zero-order valence-corrected chi connectivity index (χ0v) is 16.2. The van der Waals surface area contributed by atoms with Crippen LogP contribution >= 0.6 is 11.3 Å². The van der Waals surface area contributed by atoms with Crippen molar-refractivity contribution in [2.75, 3.05) is 14.2 Å². The largest absolute Gasteiger partial charge is 0.504 e. The zero-order valence-electron chi connectivity index (χ0n) is 15.4. The molecule has 1 N–H and O–H groups in total. The van der Waals surface area contributed by atoms with E-state index in [2.05, 4.69) is 4.98 Å². The van der Waals surface area contributed by atoms with Crippen molar-refractivity contribution in [1.82, 2.24) is 4.98 Å². The lowest BCUT2D eigenvalue weighted by molar-refractivity contribution is -0.139. The van der Waals surface area contributed by atoms with Crippen molar-refractivity contribution >= 4 is 23.4 Å². The summed E-state index contributed by atoms with van der Waals surface area (Å²) in [5.74, 6) is 0.653. The minimum atomic E-state index is -0.483. The summed E-state index contributed by atoms with van der Waals surface area (Å²) in [5, 5.41) is 12.3. The Balaban J connectivity index is 1.58. The quantitative estimate of drug-likeness (QED) is 0.473. The summed E-state index contributed by atoms with van der Waals surface area (Å²) in [7, 11) is 3.08. The molecule has 1 aromatic heterocycles. The third-order valence-corrected chi connectivity index (χ3v) is 4.79. The van der Waals surface area contributed by atoms with E-state index in [1.165, 1.54) is 30.6 Å². The van der Waals surface area contributed by atoms with Gasteiger partial charge in [0.1, 0.15) is 17.4 Å². The Hall–Kier alpha value is -3.32. The Bertz CT molecular complexity index is 996. The Morgan fingerprint density at radius 3 is 2.82 bits per heavy atom. The average molecular weight is 397 g/mol. The second-order valence-electron chi connectivity index (χ2n) is 5.75. The van der Waals surface area contributed by atoms with Gasteiger partial charge in [0, 0.05) is 17.0 Å². The predicted octanol–water partition coefficient (Wildman–Crippen LogP) is 4.29. The van der Waals surface area contributed by atoms with Gasteiger partial charge < -0.3 is 19.3 Å². The van der Waals surface area contributed by atoms with Gasteiger partial charge in [-0.1, -0.05) is 18.2 Å². The normalized spacial score (nSPS) is 10.8. The van der Waals surface area contributed by atoms with Crippen molar-refractivity contribution < 1.29 is 24.1 Å². The van der Waals surface area contributed by atoms with Crippen molar-refractivity contribution in [1.29, 1.82) is 0 Å². The third-order valence-electron chi connectivity index (χ3n) is 3.85. The van der Waals surface area contributed by atoms with Crippen molar-refractivity contribution in [3.8, 4) is 27.8 Å². The molecular formula is C21H19NO5S. The number of aromatic nitrogens is 1. The van der Waals surface area contributed by atoms with Crippen LogP contribution in [-0.4, -0.2) is 30.3 Å². The molecule has 1 heterocycles. The van der Waals surface area contributed by atoms with Crippen molar-refractivity contribution in [3.63, 3.8) is 0 Å². The summed E-state index contributed by atoms with van der Waals surface area (Å²) in [6.45, 7) is 0.0859. The van der Waals surface area contributed by atoms with E-state index < -0.39 is 5.97 Å². The number of benzene rings is 2. The number of rotatable bonds is 7. The number of nitrogens with zero attached hydrogens (tertiary/aromatic N) is 1. The number of aromatic hydroxyl groups is 1. The molecule has 0 fully saturated rings. The number of phenols is 1. The van der Waals surface area contributed by atoms with E-state index in [9.17, 15) is 9.90 Å². The lowest BCUT2D eigenvalue weighted by Crippen LogP contribution is -2.01. The second-order valence-corrected chi connectivity index (χ2v) is 6.61. The van der Waals surface area contributed by atoms with E-state index in [0.29, 0.717) is 17.0 Å². The second kappa shape index (κ2) is 9.05. The molecule has 144 valence electrons. The van der Waals surface area contributed by atoms with Gasteiger partial charge in [0.15, 0.2) is 11.5 Å². The lowest BCUT2D eigenvalue weighted by Gasteiger charge is -2.03. The summed E-state index contributed by atoms with van der Waals surface area (Å²) in [4.78, 5) is 16.4. The molecule has 6 nitrogen and oxygen atoms in total. The van der Waals surface area contributed by atoms with Gasteiger partial charge in [0.25, 0.3) is 0 Å². The summed E-state index contributed by atoms with van der Waals surface area (Å²) >= 11 is 1.48. The molecule has 2 aromatic carbocycles. The van der Waals surface area contributed by atoms with Gasteiger partial charge in [0.05, 0.1) is 19.9 Å². The molecule has 0 bridgehead atoms. The van der Waals surface area contributed by atoms with Crippen LogP contribution in [-0.2, 0) is 16.1 Å². The van der Waals surface area contributed by atoms with Crippen LogP contribution in [0.2, 0.25) is 0 Å². The number of hydrogen-bond acceptors (Lipinski definition) is 7. The molecule has 28 heavy (non-hydrogen) atoms. The van der Waals surface area contributed by atoms with E-state index >= 15 is 0 Å². The van der Waals surface area contributed by atoms with Gasteiger partial charge in [-0.25, -0.2) is 9.78 Å². The highest BCUT2D eigenvalue weighted by atomic mass is 32.1. The highest BCUT2D eigenvalue weighted by Crippen LogP contribution is 2.28. The monoisotopic (exact) mass is 397 g/mol. The first-order valence-electron chi connectivity index (χ1n) is 8.39. The molecule has 0 unspecified atom stereocenters.